The van der Waals surface area contributed by atoms with Gasteiger partial charge in [-0.25, -0.2) is 9.48 Å². The predicted molar refractivity (Wildman–Crippen MR) is 136 cm³/mol. The fraction of sp³-hybridized carbons (Fsp3) is 0.385. The lowest BCUT2D eigenvalue weighted by atomic mass is 9.87. The number of ether oxygens (including phenoxy) is 1. The lowest BCUT2D eigenvalue weighted by Crippen LogP contribution is -2.28. The average Bonchev–Trinajstić information content (AvgIpc) is 3.52. The molecule has 1 aliphatic heterocycles. The van der Waals surface area contributed by atoms with Crippen LogP contribution in [-0.2, 0) is 18.8 Å². The number of hydrogen-bond acceptors (Lipinski definition) is 7. The Bertz CT molecular complexity index is 1640. The normalized spacial score (nSPS) is 15.6. The molecule has 1 atom stereocenters. The van der Waals surface area contributed by atoms with E-state index in [1.807, 2.05) is 33.0 Å². The Balaban J connectivity index is 1.74. The Morgan fingerprint density at radius 2 is 1.92 bits per heavy atom. The van der Waals surface area contributed by atoms with Crippen molar-refractivity contribution in [3.8, 4) is 11.3 Å². The van der Waals surface area contributed by atoms with Crippen LogP contribution >= 0.6 is 0 Å². The van der Waals surface area contributed by atoms with Gasteiger partial charge in [0.25, 0.3) is 0 Å². The van der Waals surface area contributed by atoms with E-state index >= 15 is 0 Å². The number of carboxylic acid groups (broad SMARTS) is 1. The number of aryl methyl sites for hydroxylation is 4. The molecule has 0 aromatic carbocycles. The lowest BCUT2D eigenvalue weighted by Gasteiger charge is -2.33. The van der Waals surface area contributed by atoms with E-state index < -0.39 is 5.97 Å². The Morgan fingerprint density at radius 3 is 2.59 bits per heavy atom. The smallest absolute Gasteiger partial charge is 0.358 e. The topological polar surface area (TPSA) is 126 Å². The molecule has 5 aromatic heterocycles. The molecule has 1 saturated heterocycles. The first-order valence-corrected chi connectivity index (χ1v) is 12.3. The van der Waals surface area contributed by atoms with Gasteiger partial charge in [0.1, 0.15) is 16.6 Å². The van der Waals surface area contributed by atoms with E-state index in [0.717, 1.165) is 46.6 Å². The van der Waals surface area contributed by atoms with Crippen LogP contribution in [0.2, 0.25) is 0 Å². The van der Waals surface area contributed by atoms with Crippen molar-refractivity contribution in [2.24, 2.45) is 20.0 Å². The van der Waals surface area contributed by atoms with Gasteiger partial charge in [-0.1, -0.05) is 11.3 Å². The van der Waals surface area contributed by atoms with Gasteiger partial charge >= 0.3 is 5.97 Å². The zero-order valence-electron chi connectivity index (χ0n) is 21.2. The lowest BCUT2D eigenvalue weighted by molar-refractivity contribution is 0.0545. The van der Waals surface area contributed by atoms with Crippen LogP contribution in [0.15, 0.2) is 30.6 Å². The van der Waals surface area contributed by atoms with Crippen LogP contribution in [0.4, 0.5) is 0 Å². The van der Waals surface area contributed by atoms with Gasteiger partial charge in [-0.15, -0.1) is 5.10 Å². The Morgan fingerprint density at radius 1 is 1.14 bits per heavy atom. The number of aromatic carboxylic acids is 1. The molecule has 0 amide bonds. The van der Waals surface area contributed by atoms with E-state index in [9.17, 15) is 9.90 Å². The maximum absolute atomic E-state index is 12.4. The molecule has 37 heavy (non-hydrogen) atoms. The molecule has 6 heterocycles. The highest BCUT2D eigenvalue weighted by atomic mass is 16.5. The van der Waals surface area contributed by atoms with Crippen molar-refractivity contribution in [1.29, 1.82) is 0 Å². The van der Waals surface area contributed by atoms with E-state index in [1.165, 1.54) is 0 Å². The first-order chi connectivity index (χ1) is 17.9. The highest BCUT2D eigenvalue weighted by Gasteiger charge is 2.35. The second-order valence-electron chi connectivity index (χ2n) is 9.68. The summed E-state index contributed by atoms with van der Waals surface area (Å²) in [7, 11) is 3.61. The minimum atomic E-state index is -1.08. The van der Waals surface area contributed by atoms with Crippen molar-refractivity contribution >= 4 is 28.0 Å². The van der Waals surface area contributed by atoms with Gasteiger partial charge < -0.3 is 14.4 Å². The molecule has 1 aliphatic rings. The summed E-state index contributed by atoms with van der Waals surface area (Å²) in [6.07, 6.45) is 5.26. The van der Waals surface area contributed by atoms with E-state index in [0.29, 0.717) is 29.8 Å². The summed E-state index contributed by atoms with van der Waals surface area (Å²) in [5, 5.41) is 22.9. The van der Waals surface area contributed by atoms with Crippen molar-refractivity contribution in [1.82, 2.24) is 39.3 Å². The number of rotatable bonds is 5. The van der Waals surface area contributed by atoms with E-state index in [4.69, 9.17) is 14.7 Å². The van der Waals surface area contributed by atoms with Gasteiger partial charge in [0.2, 0.25) is 0 Å². The monoisotopic (exact) mass is 500 g/mol. The Hall–Kier alpha value is -4.12. The summed E-state index contributed by atoms with van der Waals surface area (Å²) in [6, 6.07) is 5.81. The molecule has 1 fully saturated rings. The first-order valence-electron chi connectivity index (χ1n) is 12.3. The fourth-order valence-corrected chi connectivity index (χ4v) is 5.76. The molecule has 0 saturated carbocycles. The van der Waals surface area contributed by atoms with Gasteiger partial charge in [0.05, 0.1) is 28.6 Å². The summed E-state index contributed by atoms with van der Waals surface area (Å²) in [5.41, 5.74) is 7.23. The standard InChI is InChI=1S/C26H28N8O3/c1-14-6-5-9-27-19(14)23(16-7-10-37-11-8-16)34-18-12-17(22-15(2)29-31-33(22)4)13-28-20(18)24-25(34)21(26(35)36)30-32(24)3/h5-6,9,12-13,16,23H,7-8,10-11H2,1-4H3,(H,35,36). The number of pyridine rings is 2. The Labute approximate surface area is 212 Å². The molecular weight excluding hydrogens is 472 g/mol. The highest BCUT2D eigenvalue weighted by molar-refractivity contribution is 6.11. The molecule has 11 heteroatoms. The summed E-state index contributed by atoms with van der Waals surface area (Å²) in [6.45, 7) is 5.26. The zero-order chi connectivity index (χ0) is 25.8. The molecule has 5 aromatic rings. The molecule has 1 N–H and O–H groups in total. The number of hydrogen-bond donors (Lipinski definition) is 1. The predicted octanol–water partition coefficient (Wildman–Crippen LogP) is 3.44. The van der Waals surface area contributed by atoms with Gasteiger partial charge in [0, 0.05) is 45.3 Å². The zero-order valence-corrected chi connectivity index (χ0v) is 21.2. The summed E-state index contributed by atoms with van der Waals surface area (Å²) >= 11 is 0. The van der Waals surface area contributed by atoms with E-state index in [2.05, 4.69) is 26.0 Å². The SMILES string of the molecule is Cc1cccnc1C(C1CCOCC1)n1c2cc(-c3c(C)nnn3C)cnc2c2c1c(C(=O)O)nn2C. The van der Waals surface area contributed by atoms with Crippen LogP contribution < -0.4 is 0 Å². The number of carbonyl (C=O) groups is 1. The molecule has 0 bridgehead atoms. The minimum absolute atomic E-state index is 0.000995. The number of nitrogens with zero attached hydrogens (tertiary/aromatic N) is 8. The van der Waals surface area contributed by atoms with E-state index in [1.54, 1.807) is 28.8 Å². The van der Waals surface area contributed by atoms with Gasteiger partial charge in [0.15, 0.2) is 5.69 Å². The Kier molecular flexibility index (Phi) is 5.52. The molecule has 6 rings (SSSR count). The maximum atomic E-state index is 12.4. The number of aromatic nitrogens is 8. The largest absolute Gasteiger partial charge is 0.476 e. The summed E-state index contributed by atoms with van der Waals surface area (Å²) < 4.78 is 11.2. The van der Waals surface area contributed by atoms with E-state index in [-0.39, 0.29) is 17.7 Å². The molecule has 0 radical (unpaired) electrons. The molecule has 0 aliphatic carbocycles. The van der Waals surface area contributed by atoms with Crippen LogP contribution in [0.3, 0.4) is 0 Å². The molecule has 1 unspecified atom stereocenters. The van der Waals surface area contributed by atoms with Gasteiger partial charge in [-0.3, -0.25) is 14.6 Å². The third-order valence-corrected chi connectivity index (χ3v) is 7.41. The van der Waals surface area contributed by atoms with Crippen LogP contribution in [-0.4, -0.2) is 63.6 Å². The van der Waals surface area contributed by atoms with Crippen molar-refractivity contribution in [3.63, 3.8) is 0 Å². The van der Waals surface area contributed by atoms with Gasteiger partial charge in [-0.2, -0.15) is 5.10 Å². The minimum Gasteiger partial charge on any atom is -0.476 e. The molecule has 11 nitrogen and oxygen atoms in total. The molecule has 190 valence electrons. The van der Waals surface area contributed by atoms with Crippen molar-refractivity contribution in [2.75, 3.05) is 13.2 Å². The fourth-order valence-electron chi connectivity index (χ4n) is 5.76. The van der Waals surface area contributed by atoms with Crippen molar-refractivity contribution in [2.45, 2.75) is 32.7 Å². The number of carboxylic acids is 1. The van der Waals surface area contributed by atoms with Crippen LogP contribution in [0.25, 0.3) is 33.3 Å². The van der Waals surface area contributed by atoms with Gasteiger partial charge in [-0.05, 0) is 50.3 Å². The van der Waals surface area contributed by atoms with Crippen molar-refractivity contribution in [3.05, 3.63) is 53.2 Å². The molecular formula is C26H28N8O3. The first kappa shape index (κ1) is 23.3. The maximum Gasteiger partial charge on any atom is 0.358 e. The second-order valence-corrected chi connectivity index (χ2v) is 9.68. The summed E-state index contributed by atoms with van der Waals surface area (Å²) in [4.78, 5) is 22.1. The third-order valence-electron chi connectivity index (χ3n) is 7.41. The van der Waals surface area contributed by atoms with Crippen LogP contribution in [0, 0.1) is 19.8 Å². The molecule has 0 spiro atoms. The highest BCUT2D eigenvalue weighted by Crippen LogP contribution is 2.42. The third kappa shape index (κ3) is 3.60. The second kappa shape index (κ2) is 8.77. The number of fused-ring (bicyclic) bond motifs is 3. The van der Waals surface area contributed by atoms with Crippen molar-refractivity contribution < 1.29 is 14.6 Å². The quantitative estimate of drug-likeness (QED) is 0.389. The van der Waals surface area contributed by atoms with Crippen LogP contribution in [0.1, 0.15) is 46.3 Å². The summed E-state index contributed by atoms with van der Waals surface area (Å²) in [5.74, 6) is -0.892. The average molecular weight is 501 g/mol. The van der Waals surface area contributed by atoms with Crippen LogP contribution in [0.5, 0.6) is 0 Å².